The molecule has 184 valence electrons. The highest BCUT2D eigenvalue weighted by Gasteiger charge is 2.33. The van der Waals surface area contributed by atoms with Gasteiger partial charge in [0.2, 0.25) is 5.91 Å². The normalized spacial score (nSPS) is 15.1. The lowest BCUT2D eigenvalue weighted by Gasteiger charge is -2.37. The summed E-state index contributed by atoms with van der Waals surface area (Å²) in [5.41, 5.74) is 1.73. The van der Waals surface area contributed by atoms with Crippen molar-refractivity contribution in [1.82, 2.24) is 9.80 Å². The Morgan fingerprint density at radius 2 is 1.86 bits per heavy atom. The first kappa shape index (κ1) is 25.3. The van der Waals surface area contributed by atoms with Gasteiger partial charge in [-0.15, -0.1) is 11.3 Å². The van der Waals surface area contributed by atoms with Crippen molar-refractivity contribution < 1.29 is 14.3 Å². The molecule has 1 aliphatic heterocycles. The summed E-state index contributed by atoms with van der Waals surface area (Å²) < 4.78 is 6.08. The van der Waals surface area contributed by atoms with Gasteiger partial charge in [-0.3, -0.25) is 9.59 Å². The molecule has 5 nitrogen and oxygen atoms in total. The van der Waals surface area contributed by atoms with E-state index in [0.29, 0.717) is 41.9 Å². The van der Waals surface area contributed by atoms with Crippen LogP contribution >= 0.6 is 22.9 Å². The van der Waals surface area contributed by atoms with Crippen molar-refractivity contribution in [2.45, 2.75) is 32.7 Å². The van der Waals surface area contributed by atoms with Crippen molar-refractivity contribution in [2.75, 3.05) is 26.2 Å². The molecule has 0 aliphatic carbocycles. The number of carbonyl (C=O) groups excluding carboxylic acids is 2. The number of hydrogen-bond acceptors (Lipinski definition) is 4. The van der Waals surface area contributed by atoms with Gasteiger partial charge in [0, 0.05) is 28.6 Å². The summed E-state index contributed by atoms with van der Waals surface area (Å²) in [6, 6.07) is 18.3. The summed E-state index contributed by atoms with van der Waals surface area (Å²) in [5.74, 6) is 0.975. The van der Waals surface area contributed by atoms with E-state index >= 15 is 0 Å². The quantitative estimate of drug-likeness (QED) is 0.350. The largest absolute Gasteiger partial charge is 0.491 e. The van der Waals surface area contributed by atoms with Crippen molar-refractivity contribution in [1.29, 1.82) is 0 Å². The average molecular weight is 511 g/mol. The lowest BCUT2D eigenvalue weighted by Crippen LogP contribution is -2.48. The third kappa shape index (κ3) is 6.44. The molecule has 2 amide bonds. The van der Waals surface area contributed by atoms with E-state index in [2.05, 4.69) is 25.3 Å². The van der Waals surface area contributed by atoms with Crippen LogP contribution in [0.1, 0.15) is 47.1 Å². The number of halogens is 1. The molecule has 1 unspecified atom stereocenters. The molecule has 4 rings (SSSR count). The van der Waals surface area contributed by atoms with Gasteiger partial charge in [0.1, 0.15) is 18.9 Å². The smallest absolute Gasteiger partial charge is 0.254 e. The van der Waals surface area contributed by atoms with E-state index in [-0.39, 0.29) is 24.4 Å². The first-order valence-electron chi connectivity index (χ1n) is 12.0. The van der Waals surface area contributed by atoms with Gasteiger partial charge in [-0.1, -0.05) is 43.6 Å². The van der Waals surface area contributed by atoms with Crippen molar-refractivity contribution in [3.8, 4) is 5.75 Å². The maximum absolute atomic E-state index is 13.6. The molecular formula is C28H31ClN2O3S. The molecule has 3 aromatic rings. The molecular weight excluding hydrogens is 480 g/mol. The summed E-state index contributed by atoms with van der Waals surface area (Å²) >= 11 is 7.72. The molecule has 0 N–H and O–H groups in total. The number of hydrogen-bond donors (Lipinski definition) is 0. The summed E-state index contributed by atoms with van der Waals surface area (Å²) in [6.45, 7) is 5.80. The second kappa shape index (κ2) is 11.7. The van der Waals surface area contributed by atoms with Crippen LogP contribution in [0.5, 0.6) is 5.75 Å². The number of rotatable bonds is 9. The van der Waals surface area contributed by atoms with Crippen LogP contribution in [0.4, 0.5) is 0 Å². The number of thiophene rings is 1. The third-order valence-electron chi connectivity index (χ3n) is 6.25. The average Bonchev–Trinajstić information content (AvgIpc) is 3.35. The fourth-order valence-electron chi connectivity index (χ4n) is 4.26. The SMILES string of the molecule is CC(C)CCN(CC(=O)N1CCc2sccc2C1COc1ccc(Cl)cc1)C(=O)c1ccccc1. The maximum Gasteiger partial charge on any atom is 0.254 e. The lowest BCUT2D eigenvalue weighted by molar-refractivity contribution is -0.135. The molecule has 0 saturated carbocycles. The fourth-order valence-corrected chi connectivity index (χ4v) is 5.32. The van der Waals surface area contributed by atoms with Crippen LogP contribution < -0.4 is 4.74 Å². The van der Waals surface area contributed by atoms with E-state index in [1.165, 1.54) is 4.88 Å². The Bertz CT molecular complexity index is 1130. The number of nitrogens with zero attached hydrogens (tertiary/aromatic N) is 2. The molecule has 2 aromatic carbocycles. The van der Waals surface area contributed by atoms with E-state index < -0.39 is 0 Å². The van der Waals surface area contributed by atoms with Gasteiger partial charge in [-0.05, 0) is 72.2 Å². The van der Waals surface area contributed by atoms with E-state index in [0.717, 1.165) is 18.4 Å². The summed E-state index contributed by atoms with van der Waals surface area (Å²) in [5, 5.41) is 2.72. The predicted octanol–water partition coefficient (Wildman–Crippen LogP) is 6.09. The lowest BCUT2D eigenvalue weighted by atomic mass is 10.00. The zero-order valence-electron chi connectivity index (χ0n) is 20.2. The van der Waals surface area contributed by atoms with E-state index in [9.17, 15) is 9.59 Å². The number of fused-ring (bicyclic) bond motifs is 1. The predicted molar refractivity (Wildman–Crippen MR) is 141 cm³/mol. The number of carbonyl (C=O) groups is 2. The summed E-state index contributed by atoms with van der Waals surface area (Å²) in [4.78, 5) is 31.8. The second-order valence-corrected chi connectivity index (χ2v) is 10.6. The number of ether oxygens (including phenoxy) is 1. The minimum Gasteiger partial charge on any atom is -0.491 e. The summed E-state index contributed by atoms with van der Waals surface area (Å²) in [7, 11) is 0. The Morgan fingerprint density at radius 3 is 2.57 bits per heavy atom. The molecule has 1 atom stereocenters. The molecule has 7 heteroatoms. The monoisotopic (exact) mass is 510 g/mol. The van der Waals surface area contributed by atoms with Crippen LogP contribution in [0.3, 0.4) is 0 Å². The van der Waals surface area contributed by atoms with Crippen molar-refractivity contribution >= 4 is 34.8 Å². The first-order chi connectivity index (χ1) is 16.9. The highest BCUT2D eigenvalue weighted by atomic mass is 35.5. The van der Waals surface area contributed by atoms with Gasteiger partial charge < -0.3 is 14.5 Å². The number of benzene rings is 2. The Morgan fingerprint density at radius 1 is 1.11 bits per heavy atom. The van der Waals surface area contributed by atoms with Gasteiger partial charge in [0.25, 0.3) is 5.91 Å². The zero-order chi connectivity index (χ0) is 24.8. The zero-order valence-corrected chi connectivity index (χ0v) is 21.7. The molecule has 1 aromatic heterocycles. The van der Waals surface area contributed by atoms with Crippen molar-refractivity contribution in [3.05, 3.63) is 87.1 Å². The molecule has 0 fully saturated rings. The van der Waals surface area contributed by atoms with Gasteiger partial charge in [0.05, 0.1) is 6.04 Å². The molecule has 0 saturated heterocycles. The summed E-state index contributed by atoms with van der Waals surface area (Å²) in [6.07, 6.45) is 1.65. The van der Waals surface area contributed by atoms with Gasteiger partial charge in [-0.25, -0.2) is 0 Å². The van der Waals surface area contributed by atoms with Crippen LogP contribution in [0.2, 0.25) is 5.02 Å². The maximum atomic E-state index is 13.6. The molecule has 1 aliphatic rings. The highest BCUT2D eigenvalue weighted by Crippen LogP contribution is 2.34. The van der Waals surface area contributed by atoms with Gasteiger partial charge >= 0.3 is 0 Å². The van der Waals surface area contributed by atoms with Gasteiger partial charge in [-0.2, -0.15) is 0 Å². The molecule has 0 radical (unpaired) electrons. The van der Waals surface area contributed by atoms with Crippen LogP contribution in [0.15, 0.2) is 66.0 Å². The van der Waals surface area contributed by atoms with Crippen molar-refractivity contribution in [2.24, 2.45) is 5.92 Å². The Balaban J connectivity index is 1.52. The van der Waals surface area contributed by atoms with Gasteiger partial charge in [0.15, 0.2) is 0 Å². The van der Waals surface area contributed by atoms with Crippen LogP contribution in [-0.2, 0) is 11.2 Å². The van der Waals surface area contributed by atoms with E-state index in [4.69, 9.17) is 16.3 Å². The van der Waals surface area contributed by atoms with Crippen LogP contribution in [-0.4, -0.2) is 47.9 Å². The number of amides is 2. The van der Waals surface area contributed by atoms with Crippen LogP contribution in [0, 0.1) is 5.92 Å². The minimum atomic E-state index is -0.202. The standard InChI is InChI=1S/C28H31ClN2O3S/c1-20(2)12-15-30(28(33)21-6-4-3-5-7-21)18-27(32)31-16-13-26-24(14-17-35-26)25(31)19-34-23-10-8-22(29)9-11-23/h3-11,14,17,20,25H,12-13,15-16,18-19H2,1-2H3. The third-order valence-corrected chi connectivity index (χ3v) is 7.50. The second-order valence-electron chi connectivity index (χ2n) is 9.19. The van der Waals surface area contributed by atoms with E-state index in [1.54, 1.807) is 40.5 Å². The Kier molecular flexibility index (Phi) is 8.47. The van der Waals surface area contributed by atoms with E-state index in [1.807, 2.05) is 35.2 Å². The van der Waals surface area contributed by atoms with Crippen LogP contribution in [0.25, 0.3) is 0 Å². The topological polar surface area (TPSA) is 49.9 Å². The minimum absolute atomic E-state index is 0.0529. The molecule has 0 spiro atoms. The highest BCUT2D eigenvalue weighted by molar-refractivity contribution is 7.10. The Labute approximate surface area is 216 Å². The molecule has 2 heterocycles. The fraction of sp³-hybridized carbons (Fsp3) is 0.357. The van der Waals surface area contributed by atoms with Crippen molar-refractivity contribution in [3.63, 3.8) is 0 Å². The molecule has 35 heavy (non-hydrogen) atoms. The molecule has 0 bridgehead atoms. The Hall–Kier alpha value is -2.83. The first-order valence-corrected chi connectivity index (χ1v) is 13.3.